The lowest BCUT2D eigenvalue weighted by atomic mass is 9.78. The largest absolute Gasteiger partial charge is 0.490 e. The molecule has 0 unspecified atom stereocenters. The lowest BCUT2D eigenvalue weighted by molar-refractivity contribution is -0.143. The third-order valence-corrected chi connectivity index (χ3v) is 4.91. The fourth-order valence-electron chi connectivity index (χ4n) is 3.61. The molecule has 5 heteroatoms. The van der Waals surface area contributed by atoms with Crippen molar-refractivity contribution < 1.29 is 23.4 Å². The molecule has 0 spiro atoms. The van der Waals surface area contributed by atoms with Gasteiger partial charge in [-0.05, 0) is 55.2 Å². The second-order valence-corrected chi connectivity index (χ2v) is 6.37. The van der Waals surface area contributed by atoms with E-state index in [1.807, 2.05) is 0 Å². The fraction of sp³-hybridized carbons (Fsp3) is 0.350. The molecule has 1 aliphatic rings. The van der Waals surface area contributed by atoms with Crippen molar-refractivity contribution in [3.8, 4) is 16.9 Å². The normalized spacial score (nSPS) is 16.0. The van der Waals surface area contributed by atoms with Gasteiger partial charge in [-0.1, -0.05) is 25.0 Å². The Hall–Kier alpha value is -2.43. The zero-order chi connectivity index (χ0) is 18.0. The molecule has 2 aromatic carbocycles. The molecule has 3 rings (SSSR count). The summed E-state index contributed by atoms with van der Waals surface area (Å²) in [6.45, 7) is 2.02. The molecule has 0 aliphatic heterocycles. The van der Waals surface area contributed by atoms with Crippen molar-refractivity contribution >= 4 is 5.97 Å². The molecule has 0 amide bonds. The van der Waals surface area contributed by atoms with E-state index < -0.39 is 23.0 Å². The monoisotopic (exact) mass is 346 g/mol. The number of ether oxygens (including phenoxy) is 1. The second kappa shape index (κ2) is 6.82. The molecule has 1 aliphatic carbocycles. The Balaban J connectivity index is 2.19. The number of rotatable bonds is 5. The topological polar surface area (TPSA) is 46.5 Å². The van der Waals surface area contributed by atoms with Gasteiger partial charge in [0.2, 0.25) is 0 Å². The molecule has 0 saturated heterocycles. The highest BCUT2D eigenvalue weighted by atomic mass is 19.1. The van der Waals surface area contributed by atoms with Crippen LogP contribution >= 0.6 is 0 Å². The Morgan fingerprint density at radius 2 is 1.80 bits per heavy atom. The highest BCUT2D eigenvalue weighted by Gasteiger charge is 2.43. The van der Waals surface area contributed by atoms with E-state index in [1.165, 1.54) is 18.2 Å². The van der Waals surface area contributed by atoms with Crippen LogP contribution in [0.4, 0.5) is 8.78 Å². The van der Waals surface area contributed by atoms with Crippen LogP contribution in [0.3, 0.4) is 0 Å². The molecule has 0 radical (unpaired) electrons. The van der Waals surface area contributed by atoms with Gasteiger partial charge in [0.05, 0.1) is 12.0 Å². The second-order valence-electron chi connectivity index (χ2n) is 6.37. The minimum Gasteiger partial charge on any atom is -0.490 e. The van der Waals surface area contributed by atoms with Crippen LogP contribution in [0.2, 0.25) is 0 Å². The number of carbonyl (C=O) groups is 1. The molecule has 0 bridgehead atoms. The average Bonchev–Trinajstić information content (AvgIpc) is 3.08. The van der Waals surface area contributed by atoms with Crippen molar-refractivity contribution in [3.05, 3.63) is 53.6 Å². The molecular weight excluding hydrogens is 326 g/mol. The summed E-state index contributed by atoms with van der Waals surface area (Å²) in [6.07, 6.45) is 2.57. The van der Waals surface area contributed by atoms with Crippen molar-refractivity contribution in [1.82, 2.24) is 0 Å². The van der Waals surface area contributed by atoms with E-state index in [0.29, 0.717) is 29.5 Å². The molecule has 3 nitrogen and oxygen atoms in total. The quantitative estimate of drug-likeness (QED) is 0.835. The number of benzene rings is 2. The van der Waals surface area contributed by atoms with Gasteiger partial charge in [0.1, 0.15) is 5.82 Å². The van der Waals surface area contributed by atoms with Crippen LogP contribution in [0, 0.1) is 11.6 Å². The van der Waals surface area contributed by atoms with Crippen LogP contribution in [0.15, 0.2) is 36.4 Å². The molecule has 25 heavy (non-hydrogen) atoms. The zero-order valence-corrected chi connectivity index (χ0v) is 14.0. The van der Waals surface area contributed by atoms with Crippen molar-refractivity contribution in [1.29, 1.82) is 0 Å². The summed E-state index contributed by atoms with van der Waals surface area (Å²) < 4.78 is 33.4. The molecule has 1 fully saturated rings. The van der Waals surface area contributed by atoms with E-state index in [4.69, 9.17) is 4.74 Å². The summed E-state index contributed by atoms with van der Waals surface area (Å²) in [5, 5.41) is 9.78. The summed E-state index contributed by atoms with van der Waals surface area (Å²) in [5.74, 6) is -1.85. The Morgan fingerprint density at radius 3 is 2.36 bits per heavy atom. The van der Waals surface area contributed by atoms with Crippen molar-refractivity contribution in [2.24, 2.45) is 0 Å². The average molecular weight is 346 g/mol. The molecule has 0 aromatic heterocycles. The number of carboxylic acid groups (broad SMARTS) is 1. The summed E-state index contributed by atoms with van der Waals surface area (Å²) >= 11 is 0. The van der Waals surface area contributed by atoms with E-state index in [1.54, 1.807) is 25.1 Å². The Kier molecular flexibility index (Phi) is 4.75. The Labute approximate surface area is 145 Å². The first kappa shape index (κ1) is 17.4. The first-order valence-electron chi connectivity index (χ1n) is 8.44. The van der Waals surface area contributed by atoms with Gasteiger partial charge in [-0.25, -0.2) is 8.78 Å². The smallest absolute Gasteiger partial charge is 0.314 e. The van der Waals surface area contributed by atoms with Gasteiger partial charge in [0.25, 0.3) is 0 Å². The SMILES string of the molecule is CCOc1c(F)cc(C2(C(=O)O)CCCC2)cc1-c1ccc(F)cc1. The fourth-order valence-corrected chi connectivity index (χ4v) is 3.61. The van der Waals surface area contributed by atoms with Crippen LogP contribution < -0.4 is 4.74 Å². The number of halogens is 2. The number of carboxylic acids is 1. The van der Waals surface area contributed by atoms with Gasteiger partial charge in [0, 0.05) is 5.56 Å². The highest BCUT2D eigenvalue weighted by molar-refractivity contribution is 5.83. The van der Waals surface area contributed by atoms with Crippen LogP contribution in [0.1, 0.15) is 38.2 Å². The van der Waals surface area contributed by atoms with Crippen LogP contribution in [-0.4, -0.2) is 17.7 Å². The highest BCUT2D eigenvalue weighted by Crippen LogP contribution is 2.45. The maximum absolute atomic E-state index is 14.8. The molecule has 0 atom stereocenters. The van der Waals surface area contributed by atoms with Gasteiger partial charge in [-0.15, -0.1) is 0 Å². The molecular formula is C20H20F2O3. The van der Waals surface area contributed by atoms with Gasteiger partial charge in [-0.3, -0.25) is 4.79 Å². The van der Waals surface area contributed by atoms with E-state index in [2.05, 4.69) is 0 Å². The number of aliphatic carboxylic acids is 1. The number of hydrogen-bond acceptors (Lipinski definition) is 2. The van der Waals surface area contributed by atoms with Gasteiger partial charge in [-0.2, -0.15) is 0 Å². The third kappa shape index (κ3) is 3.11. The van der Waals surface area contributed by atoms with Crippen LogP contribution in [0.5, 0.6) is 5.75 Å². The summed E-state index contributed by atoms with van der Waals surface area (Å²) in [6, 6.07) is 8.62. The predicted molar refractivity (Wildman–Crippen MR) is 90.7 cm³/mol. The zero-order valence-electron chi connectivity index (χ0n) is 14.0. The Bertz CT molecular complexity index is 778. The lowest BCUT2D eigenvalue weighted by Crippen LogP contribution is -2.32. The van der Waals surface area contributed by atoms with Crippen molar-refractivity contribution in [3.63, 3.8) is 0 Å². The lowest BCUT2D eigenvalue weighted by Gasteiger charge is -2.26. The van der Waals surface area contributed by atoms with E-state index in [0.717, 1.165) is 12.8 Å². The minimum absolute atomic E-state index is 0.0661. The summed E-state index contributed by atoms with van der Waals surface area (Å²) in [5.41, 5.74) is 0.409. The molecule has 0 heterocycles. The minimum atomic E-state index is -1.07. The maximum atomic E-state index is 14.8. The molecule has 2 aromatic rings. The molecule has 1 N–H and O–H groups in total. The predicted octanol–water partition coefficient (Wildman–Crippen LogP) is 4.93. The molecule has 1 saturated carbocycles. The first-order valence-corrected chi connectivity index (χ1v) is 8.44. The standard InChI is InChI=1S/C20H20F2O3/c1-2-25-18-16(13-5-7-15(21)8-6-13)11-14(12-17(18)22)20(19(23)24)9-3-4-10-20/h5-8,11-12H,2-4,9-10H2,1H3,(H,23,24). The Morgan fingerprint density at radius 1 is 1.16 bits per heavy atom. The summed E-state index contributed by atoms with van der Waals surface area (Å²) in [4.78, 5) is 11.9. The van der Waals surface area contributed by atoms with Crippen LogP contribution in [0.25, 0.3) is 11.1 Å². The third-order valence-electron chi connectivity index (χ3n) is 4.91. The first-order chi connectivity index (χ1) is 12.0. The number of hydrogen-bond donors (Lipinski definition) is 1. The summed E-state index contributed by atoms with van der Waals surface area (Å²) in [7, 11) is 0. The molecule has 132 valence electrons. The van der Waals surface area contributed by atoms with Crippen molar-refractivity contribution in [2.45, 2.75) is 38.0 Å². The van der Waals surface area contributed by atoms with E-state index in [-0.39, 0.29) is 12.4 Å². The van der Waals surface area contributed by atoms with Gasteiger partial charge in [0.15, 0.2) is 11.6 Å². The van der Waals surface area contributed by atoms with Gasteiger partial charge < -0.3 is 9.84 Å². The van der Waals surface area contributed by atoms with Crippen molar-refractivity contribution in [2.75, 3.05) is 6.61 Å². The van der Waals surface area contributed by atoms with Crippen LogP contribution in [-0.2, 0) is 10.2 Å². The van der Waals surface area contributed by atoms with E-state index >= 15 is 0 Å². The van der Waals surface area contributed by atoms with Gasteiger partial charge >= 0.3 is 5.97 Å². The maximum Gasteiger partial charge on any atom is 0.314 e. The van der Waals surface area contributed by atoms with E-state index in [9.17, 15) is 18.7 Å².